The Kier molecular flexibility index (Phi) is 4.48. The Morgan fingerprint density at radius 3 is 2.53 bits per heavy atom. The number of nitrogens with zero attached hydrogens (tertiary/aromatic N) is 1. The van der Waals surface area contributed by atoms with E-state index in [4.69, 9.17) is 5.73 Å². The molecule has 17 heavy (non-hydrogen) atoms. The highest BCUT2D eigenvalue weighted by Gasteiger charge is 2.31. The standard InChI is InChI=1S/C15H30N2/c1-15(2,12-16)8-10-17-9-7-13-5-3-4-6-14(13)11-17/h13-14H,3-12,16H2,1-2H3. The van der Waals surface area contributed by atoms with Crippen LogP contribution in [0, 0.1) is 17.3 Å². The van der Waals surface area contributed by atoms with E-state index < -0.39 is 0 Å². The second-order valence-electron chi connectivity index (χ2n) is 7.01. The molecule has 2 aliphatic rings. The van der Waals surface area contributed by atoms with Crippen LogP contribution in [-0.2, 0) is 0 Å². The van der Waals surface area contributed by atoms with Gasteiger partial charge in [-0.15, -0.1) is 0 Å². The molecular formula is C15H30N2. The summed E-state index contributed by atoms with van der Waals surface area (Å²) in [6, 6.07) is 0. The molecule has 1 saturated heterocycles. The Hall–Kier alpha value is -0.0800. The van der Waals surface area contributed by atoms with E-state index in [2.05, 4.69) is 18.7 Å². The van der Waals surface area contributed by atoms with E-state index in [1.54, 1.807) is 0 Å². The number of nitrogens with two attached hydrogens (primary N) is 1. The van der Waals surface area contributed by atoms with Crippen LogP contribution in [0.15, 0.2) is 0 Å². The summed E-state index contributed by atoms with van der Waals surface area (Å²) >= 11 is 0. The predicted octanol–water partition coefficient (Wildman–Crippen LogP) is 2.87. The van der Waals surface area contributed by atoms with Crippen LogP contribution in [0.2, 0.25) is 0 Å². The van der Waals surface area contributed by atoms with Crippen molar-refractivity contribution in [2.45, 2.75) is 52.4 Å². The van der Waals surface area contributed by atoms with Crippen LogP contribution in [-0.4, -0.2) is 31.1 Å². The quantitative estimate of drug-likeness (QED) is 0.816. The maximum Gasteiger partial charge on any atom is 0.00123 e. The molecule has 0 amide bonds. The highest BCUT2D eigenvalue weighted by molar-refractivity contribution is 4.84. The van der Waals surface area contributed by atoms with E-state index in [0.717, 1.165) is 18.4 Å². The SMILES string of the molecule is CC(C)(CN)CCN1CCC2CCCCC2C1. The van der Waals surface area contributed by atoms with Crippen LogP contribution >= 0.6 is 0 Å². The van der Waals surface area contributed by atoms with Crippen LogP contribution in [0.5, 0.6) is 0 Å². The van der Waals surface area contributed by atoms with Crippen LogP contribution < -0.4 is 5.73 Å². The molecule has 2 heteroatoms. The third-order valence-electron chi connectivity index (χ3n) is 5.03. The zero-order chi connectivity index (χ0) is 12.3. The molecule has 2 unspecified atom stereocenters. The molecule has 2 rings (SSSR count). The van der Waals surface area contributed by atoms with Gasteiger partial charge >= 0.3 is 0 Å². The molecule has 1 heterocycles. The fourth-order valence-electron chi connectivity index (χ4n) is 3.44. The molecular weight excluding hydrogens is 208 g/mol. The monoisotopic (exact) mass is 238 g/mol. The lowest BCUT2D eigenvalue weighted by Crippen LogP contribution is -2.43. The molecule has 0 radical (unpaired) electrons. The second kappa shape index (κ2) is 5.71. The number of hydrogen-bond donors (Lipinski definition) is 1. The van der Waals surface area contributed by atoms with Crippen molar-refractivity contribution >= 4 is 0 Å². The number of likely N-dealkylation sites (tertiary alicyclic amines) is 1. The first-order valence-corrected chi connectivity index (χ1v) is 7.53. The van der Waals surface area contributed by atoms with Crippen molar-refractivity contribution in [2.24, 2.45) is 23.0 Å². The molecule has 0 spiro atoms. The third kappa shape index (κ3) is 3.69. The van der Waals surface area contributed by atoms with Gasteiger partial charge in [-0.05, 0) is 56.1 Å². The van der Waals surface area contributed by atoms with Crippen LogP contribution in [0.3, 0.4) is 0 Å². The lowest BCUT2D eigenvalue weighted by molar-refractivity contribution is 0.0784. The van der Waals surface area contributed by atoms with E-state index >= 15 is 0 Å². The van der Waals surface area contributed by atoms with Gasteiger partial charge in [0.1, 0.15) is 0 Å². The number of fused-ring (bicyclic) bond motifs is 1. The molecule has 0 aromatic rings. The summed E-state index contributed by atoms with van der Waals surface area (Å²) in [6.45, 7) is 9.36. The van der Waals surface area contributed by atoms with Gasteiger partial charge < -0.3 is 10.6 Å². The van der Waals surface area contributed by atoms with Gasteiger partial charge in [-0.1, -0.05) is 33.1 Å². The lowest BCUT2D eigenvalue weighted by atomic mass is 9.75. The summed E-state index contributed by atoms with van der Waals surface area (Å²) in [5, 5.41) is 0. The number of rotatable bonds is 4. The van der Waals surface area contributed by atoms with E-state index in [1.165, 1.54) is 58.2 Å². The largest absolute Gasteiger partial charge is 0.330 e. The summed E-state index contributed by atoms with van der Waals surface area (Å²) in [4.78, 5) is 2.70. The second-order valence-corrected chi connectivity index (χ2v) is 7.01. The van der Waals surface area contributed by atoms with Gasteiger partial charge in [0.2, 0.25) is 0 Å². The van der Waals surface area contributed by atoms with Gasteiger partial charge in [0.15, 0.2) is 0 Å². The van der Waals surface area contributed by atoms with Crippen molar-refractivity contribution in [3.8, 4) is 0 Å². The zero-order valence-electron chi connectivity index (χ0n) is 11.8. The van der Waals surface area contributed by atoms with E-state index in [9.17, 15) is 0 Å². The minimum atomic E-state index is 0.323. The smallest absolute Gasteiger partial charge is 0.00123 e. The van der Waals surface area contributed by atoms with Gasteiger partial charge in [0.05, 0.1) is 0 Å². The molecule has 2 atom stereocenters. The Morgan fingerprint density at radius 1 is 1.12 bits per heavy atom. The molecule has 0 bridgehead atoms. The Morgan fingerprint density at radius 2 is 1.82 bits per heavy atom. The zero-order valence-corrected chi connectivity index (χ0v) is 11.8. The van der Waals surface area contributed by atoms with Crippen LogP contribution in [0.25, 0.3) is 0 Å². The molecule has 1 aliphatic heterocycles. The maximum absolute atomic E-state index is 5.81. The molecule has 2 fully saturated rings. The van der Waals surface area contributed by atoms with Crippen molar-refractivity contribution in [3.63, 3.8) is 0 Å². The third-order valence-corrected chi connectivity index (χ3v) is 5.03. The summed E-state index contributed by atoms with van der Waals surface area (Å²) in [7, 11) is 0. The number of piperidine rings is 1. The average Bonchev–Trinajstić information content (AvgIpc) is 2.36. The first-order chi connectivity index (χ1) is 8.11. The number of hydrogen-bond acceptors (Lipinski definition) is 2. The molecule has 2 N–H and O–H groups in total. The van der Waals surface area contributed by atoms with Gasteiger partial charge in [-0.2, -0.15) is 0 Å². The van der Waals surface area contributed by atoms with Crippen molar-refractivity contribution in [2.75, 3.05) is 26.2 Å². The Labute approximate surface area is 107 Å². The summed E-state index contributed by atoms with van der Waals surface area (Å²) in [6.07, 6.45) is 8.66. The minimum absolute atomic E-state index is 0.323. The van der Waals surface area contributed by atoms with Gasteiger partial charge in [-0.3, -0.25) is 0 Å². The maximum atomic E-state index is 5.81. The molecule has 1 aliphatic carbocycles. The molecule has 1 saturated carbocycles. The Balaban J connectivity index is 1.76. The average molecular weight is 238 g/mol. The van der Waals surface area contributed by atoms with Crippen LogP contribution in [0.4, 0.5) is 0 Å². The van der Waals surface area contributed by atoms with E-state index in [-0.39, 0.29) is 0 Å². The van der Waals surface area contributed by atoms with Crippen molar-refractivity contribution in [1.29, 1.82) is 0 Å². The molecule has 100 valence electrons. The minimum Gasteiger partial charge on any atom is -0.330 e. The van der Waals surface area contributed by atoms with Crippen molar-refractivity contribution in [3.05, 3.63) is 0 Å². The highest BCUT2D eigenvalue weighted by Crippen LogP contribution is 2.36. The topological polar surface area (TPSA) is 29.3 Å². The molecule has 0 aromatic heterocycles. The molecule has 0 aromatic carbocycles. The lowest BCUT2D eigenvalue weighted by Gasteiger charge is -2.42. The van der Waals surface area contributed by atoms with Gasteiger partial charge in [0, 0.05) is 6.54 Å². The van der Waals surface area contributed by atoms with Crippen molar-refractivity contribution < 1.29 is 0 Å². The fraction of sp³-hybridized carbons (Fsp3) is 1.00. The normalized spacial score (nSPS) is 31.2. The fourth-order valence-corrected chi connectivity index (χ4v) is 3.44. The summed E-state index contributed by atoms with van der Waals surface area (Å²) in [5.74, 6) is 2.07. The molecule has 2 nitrogen and oxygen atoms in total. The van der Waals surface area contributed by atoms with Crippen molar-refractivity contribution in [1.82, 2.24) is 4.90 Å². The van der Waals surface area contributed by atoms with E-state index in [1.807, 2.05) is 0 Å². The first-order valence-electron chi connectivity index (χ1n) is 7.53. The highest BCUT2D eigenvalue weighted by atomic mass is 15.1. The summed E-state index contributed by atoms with van der Waals surface area (Å²) in [5.41, 5.74) is 6.13. The predicted molar refractivity (Wildman–Crippen MR) is 74.0 cm³/mol. The Bertz CT molecular complexity index is 237. The first kappa shape index (κ1) is 13.4. The van der Waals surface area contributed by atoms with E-state index in [0.29, 0.717) is 5.41 Å². The van der Waals surface area contributed by atoms with Gasteiger partial charge in [-0.25, -0.2) is 0 Å². The van der Waals surface area contributed by atoms with Gasteiger partial charge in [0.25, 0.3) is 0 Å². The van der Waals surface area contributed by atoms with Crippen LogP contribution in [0.1, 0.15) is 52.4 Å². The summed E-state index contributed by atoms with van der Waals surface area (Å²) < 4.78 is 0.